The molecule has 2 saturated heterocycles. The lowest BCUT2D eigenvalue weighted by molar-refractivity contribution is 0.0555. The van der Waals surface area contributed by atoms with Crippen LogP contribution in [0.2, 0.25) is 0 Å². The molecule has 4 rings (SSSR count). The highest BCUT2D eigenvalue weighted by molar-refractivity contribution is 7.88. The van der Waals surface area contributed by atoms with Crippen molar-refractivity contribution in [2.45, 2.75) is 45.7 Å². The number of piperidine rings is 1. The fourth-order valence-corrected chi connectivity index (χ4v) is 6.72. The van der Waals surface area contributed by atoms with Crippen molar-refractivity contribution in [2.24, 2.45) is 5.41 Å². The minimum atomic E-state index is -3.40. The van der Waals surface area contributed by atoms with Crippen LogP contribution in [0.5, 0.6) is 0 Å². The highest BCUT2D eigenvalue weighted by Gasteiger charge is 2.39. The Bertz CT molecular complexity index is 1260. The molecule has 2 aromatic rings. The normalized spacial score (nSPS) is 23.6. The SMILES string of the molecule is CC1CN(C(=O)c2cnc3ccc(F)cc3c2N2CCC(C)(C#N)CC2)C[C@H](C)N1S(C)(=O)=O. The minimum absolute atomic E-state index is 0.253. The summed E-state index contributed by atoms with van der Waals surface area (Å²) in [4.78, 5) is 21.9. The number of anilines is 1. The molecule has 2 aliphatic heterocycles. The first-order valence-corrected chi connectivity index (χ1v) is 13.3. The summed E-state index contributed by atoms with van der Waals surface area (Å²) >= 11 is 0. The maximum absolute atomic E-state index is 14.3. The molecule has 1 aromatic carbocycles. The van der Waals surface area contributed by atoms with Crippen LogP contribution < -0.4 is 4.90 Å². The minimum Gasteiger partial charge on any atom is -0.370 e. The van der Waals surface area contributed by atoms with Crippen LogP contribution in [0.4, 0.5) is 10.1 Å². The van der Waals surface area contributed by atoms with Crippen molar-refractivity contribution in [1.82, 2.24) is 14.2 Å². The van der Waals surface area contributed by atoms with E-state index in [2.05, 4.69) is 16.0 Å². The van der Waals surface area contributed by atoms with Gasteiger partial charge >= 0.3 is 0 Å². The van der Waals surface area contributed by atoms with E-state index in [1.807, 2.05) is 6.92 Å². The van der Waals surface area contributed by atoms with Crippen LogP contribution in [0.25, 0.3) is 10.9 Å². The lowest BCUT2D eigenvalue weighted by Crippen LogP contribution is -2.59. The first-order valence-electron chi connectivity index (χ1n) is 11.5. The molecule has 1 unspecified atom stereocenters. The van der Waals surface area contributed by atoms with E-state index in [9.17, 15) is 22.9 Å². The van der Waals surface area contributed by atoms with Crippen LogP contribution in [0.3, 0.4) is 0 Å². The number of nitrogens with zero attached hydrogens (tertiary/aromatic N) is 5. The van der Waals surface area contributed by atoms with E-state index in [4.69, 9.17) is 0 Å². The van der Waals surface area contributed by atoms with Gasteiger partial charge in [0.25, 0.3) is 5.91 Å². The smallest absolute Gasteiger partial charge is 0.257 e. The second kappa shape index (κ2) is 8.78. The summed E-state index contributed by atoms with van der Waals surface area (Å²) in [5.41, 5.74) is 1.15. The lowest BCUT2D eigenvalue weighted by Gasteiger charge is -2.43. The standard InChI is InChI=1S/C24H30FN5O3S/c1-16-13-29(14-17(2)30(16)34(4,32)33)23(31)20-12-27-21-6-5-18(25)11-19(21)22(20)28-9-7-24(3,15-26)8-10-28/h5-6,11-12,16-17H,7-10,13-14H2,1-4H3/t16-,17?/m0/s1. The van der Waals surface area contributed by atoms with Gasteiger partial charge in [-0.3, -0.25) is 9.78 Å². The molecule has 0 bridgehead atoms. The van der Waals surface area contributed by atoms with Crippen LogP contribution >= 0.6 is 0 Å². The molecule has 2 atom stereocenters. The van der Waals surface area contributed by atoms with Crippen LogP contribution in [0.1, 0.15) is 44.0 Å². The zero-order valence-corrected chi connectivity index (χ0v) is 20.8. The van der Waals surface area contributed by atoms with Gasteiger partial charge in [-0.25, -0.2) is 12.8 Å². The molecule has 10 heteroatoms. The van der Waals surface area contributed by atoms with Gasteiger partial charge in [0.05, 0.1) is 34.5 Å². The van der Waals surface area contributed by atoms with E-state index >= 15 is 0 Å². The van der Waals surface area contributed by atoms with Crippen LogP contribution in [-0.2, 0) is 10.0 Å². The fourth-order valence-electron chi connectivity index (χ4n) is 5.28. The van der Waals surface area contributed by atoms with Gasteiger partial charge in [-0.1, -0.05) is 0 Å². The Labute approximate surface area is 200 Å². The molecule has 1 aromatic heterocycles. The van der Waals surface area contributed by atoms with Crippen molar-refractivity contribution in [3.05, 3.63) is 35.8 Å². The van der Waals surface area contributed by atoms with E-state index in [1.165, 1.54) is 28.9 Å². The number of nitriles is 1. The molecule has 2 aliphatic rings. The average Bonchev–Trinajstić information content (AvgIpc) is 2.77. The Kier molecular flexibility index (Phi) is 6.29. The summed E-state index contributed by atoms with van der Waals surface area (Å²) in [6.07, 6.45) is 3.99. The largest absolute Gasteiger partial charge is 0.370 e. The zero-order valence-electron chi connectivity index (χ0n) is 20.0. The molecule has 1 amide bonds. The third kappa shape index (κ3) is 4.46. The summed E-state index contributed by atoms with van der Waals surface area (Å²) in [6, 6.07) is 5.99. The van der Waals surface area contributed by atoms with Crippen molar-refractivity contribution in [1.29, 1.82) is 5.26 Å². The third-order valence-electron chi connectivity index (χ3n) is 6.99. The van der Waals surface area contributed by atoms with E-state index in [-0.39, 0.29) is 31.1 Å². The molecular weight excluding hydrogens is 457 g/mol. The van der Waals surface area contributed by atoms with Gasteiger partial charge < -0.3 is 9.80 Å². The van der Waals surface area contributed by atoms with Gasteiger partial charge in [-0.2, -0.15) is 9.57 Å². The number of amides is 1. The number of sulfonamides is 1. The van der Waals surface area contributed by atoms with Crippen LogP contribution in [-0.4, -0.2) is 73.0 Å². The van der Waals surface area contributed by atoms with Crippen LogP contribution in [0.15, 0.2) is 24.4 Å². The van der Waals surface area contributed by atoms with Gasteiger partial charge in [-0.15, -0.1) is 0 Å². The van der Waals surface area contributed by atoms with Gasteiger partial charge in [0.2, 0.25) is 10.0 Å². The summed E-state index contributed by atoms with van der Waals surface area (Å²) in [6.45, 7) is 7.15. The van der Waals surface area contributed by atoms with Gasteiger partial charge in [-0.05, 0) is 51.8 Å². The lowest BCUT2D eigenvalue weighted by atomic mass is 9.81. The van der Waals surface area contributed by atoms with Crippen molar-refractivity contribution in [3.63, 3.8) is 0 Å². The van der Waals surface area contributed by atoms with Crippen molar-refractivity contribution < 1.29 is 17.6 Å². The van der Waals surface area contributed by atoms with Crippen LogP contribution in [0, 0.1) is 22.6 Å². The molecular formula is C24H30FN5O3S. The summed E-state index contributed by atoms with van der Waals surface area (Å²) in [5, 5.41) is 10.1. The van der Waals surface area contributed by atoms with Gasteiger partial charge in [0.15, 0.2) is 0 Å². The highest BCUT2D eigenvalue weighted by Crippen LogP contribution is 2.37. The molecule has 0 N–H and O–H groups in total. The second-order valence-electron chi connectivity index (χ2n) is 9.84. The van der Waals surface area contributed by atoms with Crippen molar-refractivity contribution in [2.75, 3.05) is 37.3 Å². The molecule has 0 saturated carbocycles. The molecule has 34 heavy (non-hydrogen) atoms. The summed E-state index contributed by atoms with van der Waals surface area (Å²) in [5.74, 6) is -0.669. The summed E-state index contributed by atoms with van der Waals surface area (Å²) in [7, 11) is -3.40. The van der Waals surface area contributed by atoms with Crippen molar-refractivity contribution in [3.8, 4) is 6.07 Å². The number of carbonyl (C=O) groups excluding carboxylic acids is 1. The molecule has 0 radical (unpaired) electrons. The quantitative estimate of drug-likeness (QED) is 0.660. The Morgan fingerprint density at radius 1 is 1.21 bits per heavy atom. The van der Waals surface area contributed by atoms with E-state index in [1.54, 1.807) is 24.8 Å². The third-order valence-corrected chi connectivity index (χ3v) is 8.48. The molecule has 0 spiro atoms. The Hall–Kier alpha value is -2.77. The molecule has 8 nitrogen and oxygen atoms in total. The highest BCUT2D eigenvalue weighted by atomic mass is 32.2. The Balaban J connectivity index is 1.74. The second-order valence-corrected chi connectivity index (χ2v) is 11.7. The monoisotopic (exact) mass is 487 g/mol. The maximum atomic E-state index is 14.3. The van der Waals surface area contributed by atoms with E-state index in [0.29, 0.717) is 48.1 Å². The van der Waals surface area contributed by atoms with Gasteiger partial charge in [0, 0.05) is 49.8 Å². The van der Waals surface area contributed by atoms with Gasteiger partial charge in [0.1, 0.15) is 5.82 Å². The fraction of sp³-hybridized carbons (Fsp3) is 0.542. The first-order chi connectivity index (χ1) is 15.9. The van der Waals surface area contributed by atoms with Crippen molar-refractivity contribution >= 4 is 32.5 Å². The van der Waals surface area contributed by atoms with E-state index in [0.717, 1.165) is 0 Å². The number of rotatable bonds is 3. The molecule has 0 aliphatic carbocycles. The molecule has 3 heterocycles. The first kappa shape index (κ1) is 24.4. The number of carbonyl (C=O) groups is 1. The number of piperazine rings is 1. The maximum Gasteiger partial charge on any atom is 0.257 e. The molecule has 2 fully saturated rings. The average molecular weight is 488 g/mol. The summed E-state index contributed by atoms with van der Waals surface area (Å²) < 4.78 is 40.1. The number of halogens is 1. The Morgan fingerprint density at radius 3 is 2.38 bits per heavy atom. The number of benzene rings is 1. The Morgan fingerprint density at radius 2 is 1.82 bits per heavy atom. The number of hydrogen-bond donors (Lipinski definition) is 0. The molecule has 182 valence electrons. The predicted octanol–water partition coefficient (Wildman–Crippen LogP) is 3.00. The number of pyridine rings is 1. The number of hydrogen-bond acceptors (Lipinski definition) is 6. The topological polar surface area (TPSA) is 97.6 Å². The predicted molar refractivity (Wildman–Crippen MR) is 128 cm³/mol. The zero-order chi connectivity index (χ0) is 24.8. The van der Waals surface area contributed by atoms with E-state index < -0.39 is 21.3 Å². The number of fused-ring (bicyclic) bond motifs is 1. The number of aromatic nitrogens is 1.